The maximum Gasteiger partial charge on any atom is 0.333 e. The first-order chi connectivity index (χ1) is 33.8. The van der Waals surface area contributed by atoms with Gasteiger partial charge in [-0.2, -0.15) is 0 Å². The molecule has 71 heavy (non-hydrogen) atoms. The Morgan fingerprint density at radius 2 is 0.817 bits per heavy atom. The summed E-state index contributed by atoms with van der Waals surface area (Å²) in [6.45, 7) is 28.9. The van der Waals surface area contributed by atoms with E-state index in [0.29, 0.717) is 0 Å². The van der Waals surface area contributed by atoms with Crippen molar-refractivity contribution < 1.29 is 0 Å². The molecule has 2 heterocycles. The van der Waals surface area contributed by atoms with Crippen molar-refractivity contribution in [3.63, 3.8) is 0 Å². The van der Waals surface area contributed by atoms with Crippen molar-refractivity contribution in [1.29, 1.82) is 0 Å². The highest BCUT2D eigenvalue weighted by Crippen LogP contribution is 2.55. The second-order valence-corrected chi connectivity index (χ2v) is 24.5. The minimum absolute atomic E-state index is 0.0375. The van der Waals surface area contributed by atoms with E-state index in [1.165, 1.54) is 141 Å². The SMILES string of the molecule is Cc1cc2c(cc1N1B3c4ccc(-c5ccccc5)cc4N(c4cc5c(cc4C)C(C)(C)CCC5(C)C)c4cc(-c5c(C)cccc5C)cc(c43)-c3cc(-c4ccccc4)ccc31)C(C)(C)CCC2(C)C. The summed E-state index contributed by atoms with van der Waals surface area (Å²) in [5, 5.41) is 0. The van der Waals surface area contributed by atoms with Gasteiger partial charge < -0.3 is 9.71 Å². The molecule has 0 bridgehead atoms. The number of hydrogen-bond donors (Lipinski definition) is 0. The van der Waals surface area contributed by atoms with E-state index < -0.39 is 0 Å². The van der Waals surface area contributed by atoms with Crippen LogP contribution in [-0.2, 0) is 21.7 Å². The number of benzene rings is 8. The Bertz CT molecular complexity index is 3460. The average molecular weight is 925 g/mol. The van der Waals surface area contributed by atoms with Gasteiger partial charge in [-0.3, -0.25) is 0 Å². The third kappa shape index (κ3) is 7.11. The van der Waals surface area contributed by atoms with Crippen molar-refractivity contribution in [1.82, 2.24) is 0 Å². The van der Waals surface area contributed by atoms with E-state index in [9.17, 15) is 0 Å². The Hall–Kier alpha value is -6.58. The summed E-state index contributed by atoms with van der Waals surface area (Å²) in [7, 11) is 0. The Labute approximate surface area is 424 Å². The quantitative estimate of drug-likeness (QED) is 0.159. The average Bonchev–Trinajstić information content (AvgIpc) is 3.35. The largest absolute Gasteiger partial charge is 0.376 e. The van der Waals surface area contributed by atoms with Crippen molar-refractivity contribution >= 4 is 46.2 Å². The molecule has 2 aliphatic heterocycles. The third-order valence-corrected chi connectivity index (χ3v) is 17.9. The lowest BCUT2D eigenvalue weighted by Gasteiger charge is -2.48. The highest BCUT2D eigenvalue weighted by Gasteiger charge is 2.48. The lowest BCUT2D eigenvalue weighted by Crippen LogP contribution is -2.61. The van der Waals surface area contributed by atoms with Crippen LogP contribution in [0.4, 0.5) is 28.4 Å². The minimum Gasteiger partial charge on any atom is -0.376 e. The van der Waals surface area contributed by atoms with Gasteiger partial charge in [0.2, 0.25) is 0 Å². The van der Waals surface area contributed by atoms with Gasteiger partial charge >= 0.3 is 6.85 Å². The Kier molecular flexibility index (Phi) is 10.2. The van der Waals surface area contributed by atoms with Gasteiger partial charge in [0.15, 0.2) is 0 Å². The van der Waals surface area contributed by atoms with Crippen LogP contribution in [0.5, 0.6) is 0 Å². The fraction of sp³-hybridized carbons (Fsp3) is 0.294. The molecule has 8 aromatic carbocycles. The molecule has 4 aliphatic rings. The number of hydrogen-bond acceptors (Lipinski definition) is 2. The lowest BCUT2D eigenvalue weighted by molar-refractivity contribution is 0.332. The number of anilines is 5. The molecule has 0 unspecified atom stereocenters. The van der Waals surface area contributed by atoms with Gasteiger partial charge in [-0.25, -0.2) is 0 Å². The molecule has 12 rings (SSSR count). The van der Waals surface area contributed by atoms with Crippen molar-refractivity contribution in [3.05, 3.63) is 196 Å². The predicted molar refractivity (Wildman–Crippen MR) is 306 cm³/mol. The highest BCUT2D eigenvalue weighted by molar-refractivity contribution is 6.93. The molecule has 0 spiro atoms. The summed E-state index contributed by atoms with van der Waals surface area (Å²) >= 11 is 0. The van der Waals surface area contributed by atoms with Crippen LogP contribution in [0.2, 0.25) is 0 Å². The van der Waals surface area contributed by atoms with Crippen LogP contribution in [0.15, 0.2) is 152 Å². The summed E-state index contributed by atoms with van der Waals surface area (Å²) in [5.74, 6) is 0. The molecule has 0 amide bonds. The molecule has 354 valence electrons. The van der Waals surface area contributed by atoms with E-state index >= 15 is 0 Å². The standard InChI is InChI=1S/C68H69BN2/c1-42-20-19-21-43(2)63(42)50-37-52-51-36-48(46-22-15-13-16-23-46)27-29-58(51)71(60-41-56-54(35-45(60)4)66(7,8)31-33-68(56,11)12)69-57-28-26-49(47-24-17-14-18-25-47)38-61(57)70(62(39-50)64(52)69)59-40-55-53(34-44(59)3)65(5,6)30-32-67(55,9)10/h13-29,34-41H,30-33H2,1-12H3. The molecular weight excluding hydrogens is 856 g/mol. The van der Waals surface area contributed by atoms with Crippen LogP contribution < -0.4 is 20.6 Å². The smallest absolute Gasteiger partial charge is 0.333 e. The predicted octanol–water partition coefficient (Wildman–Crippen LogP) is 17.3. The zero-order valence-corrected chi connectivity index (χ0v) is 44.2. The van der Waals surface area contributed by atoms with Crippen LogP contribution >= 0.6 is 0 Å². The maximum absolute atomic E-state index is 2.77. The van der Waals surface area contributed by atoms with Gasteiger partial charge in [-0.05, 0) is 212 Å². The fourth-order valence-electron chi connectivity index (χ4n) is 13.4. The molecule has 3 heteroatoms. The second kappa shape index (κ2) is 16.0. The fourth-order valence-corrected chi connectivity index (χ4v) is 13.4. The molecule has 0 saturated carbocycles. The van der Waals surface area contributed by atoms with Gasteiger partial charge in [0.05, 0.1) is 0 Å². The van der Waals surface area contributed by atoms with Gasteiger partial charge in [0, 0.05) is 34.0 Å². The monoisotopic (exact) mass is 925 g/mol. The van der Waals surface area contributed by atoms with Crippen molar-refractivity contribution in [2.75, 3.05) is 9.71 Å². The zero-order valence-electron chi connectivity index (χ0n) is 44.2. The maximum atomic E-state index is 2.77. The van der Waals surface area contributed by atoms with Crippen molar-refractivity contribution in [2.24, 2.45) is 0 Å². The van der Waals surface area contributed by atoms with Crippen LogP contribution in [0.1, 0.15) is 126 Å². The van der Waals surface area contributed by atoms with Crippen LogP contribution in [-0.4, -0.2) is 6.85 Å². The molecule has 0 atom stereocenters. The number of fused-ring (bicyclic) bond motifs is 6. The Morgan fingerprint density at radius 3 is 1.38 bits per heavy atom. The summed E-state index contributed by atoms with van der Waals surface area (Å²) in [5.41, 5.74) is 30.6. The van der Waals surface area contributed by atoms with E-state index in [-0.39, 0.29) is 28.5 Å². The molecule has 2 aliphatic carbocycles. The number of rotatable bonds is 5. The molecule has 0 radical (unpaired) electrons. The molecule has 0 aromatic heterocycles. The van der Waals surface area contributed by atoms with E-state index in [2.05, 4.69) is 244 Å². The first-order valence-electron chi connectivity index (χ1n) is 26.4. The Balaban J connectivity index is 1.24. The van der Waals surface area contributed by atoms with Gasteiger partial charge in [-0.15, -0.1) is 0 Å². The third-order valence-electron chi connectivity index (χ3n) is 17.9. The summed E-state index contributed by atoms with van der Waals surface area (Å²) < 4.78 is 0. The van der Waals surface area contributed by atoms with Crippen LogP contribution in [0.25, 0.3) is 44.5 Å². The topological polar surface area (TPSA) is 6.48 Å². The summed E-state index contributed by atoms with van der Waals surface area (Å²) in [6.07, 6.45) is 4.70. The van der Waals surface area contributed by atoms with E-state index in [1.54, 1.807) is 0 Å². The molecule has 8 aromatic rings. The van der Waals surface area contributed by atoms with Crippen molar-refractivity contribution in [2.45, 2.75) is 130 Å². The normalized spacial score (nSPS) is 17.4. The van der Waals surface area contributed by atoms with E-state index in [1.807, 2.05) is 0 Å². The van der Waals surface area contributed by atoms with Crippen molar-refractivity contribution in [3.8, 4) is 44.5 Å². The van der Waals surface area contributed by atoms with Gasteiger partial charge in [0.1, 0.15) is 0 Å². The molecule has 0 N–H and O–H groups in total. The number of aryl methyl sites for hydroxylation is 4. The first kappa shape index (κ1) is 45.6. The lowest BCUT2D eigenvalue weighted by atomic mass is 9.43. The molecular formula is C68H69BN2. The molecule has 0 fully saturated rings. The van der Waals surface area contributed by atoms with E-state index in [4.69, 9.17) is 0 Å². The highest BCUT2D eigenvalue weighted by atomic mass is 15.2. The molecule has 2 nitrogen and oxygen atoms in total. The summed E-state index contributed by atoms with van der Waals surface area (Å²) in [6, 6.07) is 59.0. The van der Waals surface area contributed by atoms with Gasteiger partial charge in [-0.1, -0.05) is 165 Å². The van der Waals surface area contributed by atoms with Crippen LogP contribution in [0, 0.1) is 27.7 Å². The zero-order chi connectivity index (χ0) is 49.5. The second-order valence-electron chi connectivity index (χ2n) is 24.5. The summed E-state index contributed by atoms with van der Waals surface area (Å²) in [4.78, 5) is 5.47. The van der Waals surface area contributed by atoms with E-state index in [0.717, 1.165) is 12.8 Å². The minimum atomic E-state index is -0.108. The first-order valence-corrected chi connectivity index (χ1v) is 26.4. The Morgan fingerprint density at radius 1 is 0.352 bits per heavy atom. The number of nitrogens with zero attached hydrogens (tertiary/aromatic N) is 2. The van der Waals surface area contributed by atoms with Gasteiger partial charge in [0.25, 0.3) is 0 Å². The molecule has 0 saturated heterocycles. The van der Waals surface area contributed by atoms with Crippen LogP contribution in [0.3, 0.4) is 0 Å².